The van der Waals surface area contributed by atoms with Crippen LogP contribution in [-0.2, 0) is 24.3 Å². The van der Waals surface area contributed by atoms with E-state index in [0.717, 1.165) is 44.2 Å². The number of carbonyl (C=O) groups excluding carboxylic acids is 1. The molecule has 0 radical (unpaired) electrons. The van der Waals surface area contributed by atoms with Gasteiger partial charge in [-0.05, 0) is 68.1 Å². The second-order valence-corrected chi connectivity index (χ2v) is 12.8. The minimum atomic E-state index is -0.420. The van der Waals surface area contributed by atoms with E-state index >= 15 is 0 Å². The summed E-state index contributed by atoms with van der Waals surface area (Å²) in [4.78, 5) is 30.6. The Morgan fingerprint density at radius 2 is 1.77 bits per heavy atom. The quantitative estimate of drug-likeness (QED) is 0.0731. The Morgan fingerprint density at radius 3 is 2.51 bits per heavy atom. The van der Waals surface area contributed by atoms with Gasteiger partial charge in [0.25, 0.3) is 5.69 Å². The van der Waals surface area contributed by atoms with E-state index in [-0.39, 0.29) is 30.0 Å². The molecule has 0 spiro atoms. The lowest BCUT2D eigenvalue weighted by atomic mass is 9.97. The maximum Gasteiger partial charge on any atom is 0.269 e. The standard InChI is InChI=1S/C36H37BrN6O3S/c1-3-25(2)34(39-35(44)19-30-20-38-24-42(30)21-26-15-17-29(18-16-26)43(45)46)23-41(36(47)40-33-14-7-6-13-32(33)37)22-28-11-8-10-27-9-4-5-12-31(27)28/h4-18,20,24-25,34H,3,19,21-23H2,1-2H3,(H,39,44)(H,40,47)/t25-,34+/m0/s1. The highest BCUT2D eigenvalue weighted by molar-refractivity contribution is 9.10. The van der Waals surface area contributed by atoms with Crippen LogP contribution in [0.3, 0.4) is 0 Å². The molecule has 2 atom stereocenters. The third-order valence-electron chi connectivity index (χ3n) is 8.38. The number of nitro benzene ring substituents is 1. The van der Waals surface area contributed by atoms with Gasteiger partial charge in [-0.1, -0.05) is 87.0 Å². The van der Waals surface area contributed by atoms with Crippen LogP contribution in [0.25, 0.3) is 10.8 Å². The number of halogens is 1. The number of benzene rings is 4. The van der Waals surface area contributed by atoms with Crippen LogP contribution < -0.4 is 10.6 Å². The number of aromatic nitrogens is 2. The smallest absolute Gasteiger partial charge is 0.269 e. The summed E-state index contributed by atoms with van der Waals surface area (Å²) in [5, 5.41) is 20.6. The second kappa shape index (κ2) is 15.8. The average Bonchev–Trinajstić information content (AvgIpc) is 3.50. The first-order valence-electron chi connectivity index (χ1n) is 15.5. The largest absolute Gasteiger partial charge is 0.351 e. The molecule has 1 heterocycles. The summed E-state index contributed by atoms with van der Waals surface area (Å²) in [6.45, 7) is 5.77. The van der Waals surface area contributed by atoms with E-state index in [1.165, 1.54) is 12.1 Å². The summed E-state index contributed by atoms with van der Waals surface area (Å²) in [5.41, 5.74) is 3.68. The summed E-state index contributed by atoms with van der Waals surface area (Å²) in [7, 11) is 0. The van der Waals surface area contributed by atoms with Gasteiger partial charge in [0.05, 0.1) is 23.4 Å². The Balaban J connectivity index is 1.34. The lowest BCUT2D eigenvalue weighted by Crippen LogP contribution is -2.50. The normalized spacial score (nSPS) is 12.3. The van der Waals surface area contributed by atoms with Crippen molar-refractivity contribution in [2.75, 3.05) is 11.9 Å². The van der Waals surface area contributed by atoms with E-state index in [2.05, 4.69) is 80.6 Å². The summed E-state index contributed by atoms with van der Waals surface area (Å²) in [6.07, 6.45) is 4.37. The van der Waals surface area contributed by atoms with Gasteiger partial charge in [-0.2, -0.15) is 0 Å². The molecule has 2 N–H and O–H groups in total. The lowest BCUT2D eigenvalue weighted by Gasteiger charge is -2.33. The van der Waals surface area contributed by atoms with Crippen LogP contribution >= 0.6 is 28.1 Å². The van der Waals surface area contributed by atoms with E-state index in [4.69, 9.17) is 12.2 Å². The number of hydrogen-bond donors (Lipinski definition) is 2. The van der Waals surface area contributed by atoms with Gasteiger partial charge in [0.1, 0.15) is 0 Å². The summed E-state index contributed by atoms with van der Waals surface area (Å²) < 4.78 is 2.80. The van der Waals surface area contributed by atoms with Crippen LogP contribution in [0.4, 0.5) is 11.4 Å². The zero-order valence-corrected chi connectivity index (χ0v) is 28.7. The van der Waals surface area contributed by atoms with Gasteiger partial charge in [-0.3, -0.25) is 14.9 Å². The molecule has 5 aromatic rings. The van der Waals surface area contributed by atoms with Crippen LogP contribution in [0.2, 0.25) is 0 Å². The molecule has 5 rings (SSSR count). The number of rotatable bonds is 13. The Labute approximate surface area is 288 Å². The number of nitro groups is 1. The predicted octanol–water partition coefficient (Wildman–Crippen LogP) is 7.73. The van der Waals surface area contributed by atoms with E-state index < -0.39 is 4.92 Å². The number of nitrogens with one attached hydrogen (secondary N) is 2. The molecule has 0 aliphatic heterocycles. The Kier molecular flexibility index (Phi) is 11.3. The number of hydrogen-bond acceptors (Lipinski definition) is 5. The SMILES string of the molecule is CC[C@H](C)[C@@H](CN(Cc1cccc2ccccc12)C(=S)Nc1ccccc1Br)NC(=O)Cc1cncn1Cc1ccc([N+](=O)[O-])cc1. The van der Waals surface area contributed by atoms with Crippen molar-refractivity contribution in [1.82, 2.24) is 19.8 Å². The lowest BCUT2D eigenvalue weighted by molar-refractivity contribution is -0.384. The highest BCUT2D eigenvalue weighted by Crippen LogP contribution is 2.25. The van der Waals surface area contributed by atoms with Crippen molar-refractivity contribution in [2.24, 2.45) is 5.92 Å². The highest BCUT2D eigenvalue weighted by atomic mass is 79.9. The van der Waals surface area contributed by atoms with Crippen LogP contribution in [0.5, 0.6) is 0 Å². The molecule has 1 aromatic heterocycles. The molecular formula is C36H37BrN6O3S. The number of thiocarbonyl (C=S) groups is 1. The first-order valence-corrected chi connectivity index (χ1v) is 16.7. The van der Waals surface area contributed by atoms with Crippen LogP contribution in [-0.4, -0.2) is 43.0 Å². The van der Waals surface area contributed by atoms with Crippen molar-refractivity contribution >= 4 is 61.3 Å². The van der Waals surface area contributed by atoms with Gasteiger partial charge in [0, 0.05) is 54.2 Å². The average molecular weight is 714 g/mol. The number of non-ortho nitro benzene ring substituents is 1. The fourth-order valence-electron chi connectivity index (χ4n) is 5.48. The molecule has 9 nitrogen and oxygen atoms in total. The zero-order valence-electron chi connectivity index (χ0n) is 26.3. The van der Waals surface area contributed by atoms with E-state index in [0.29, 0.717) is 24.7 Å². The molecule has 47 heavy (non-hydrogen) atoms. The van der Waals surface area contributed by atoms with Gasteiger partial charge in [0.2, 0.25) is 5.91 Å². The molecule has 0 bridgehead atoms. The number of anilines is 1. The molecule has 4 aromatic carbocycles. The van der Waals surface area contributed by atoms with Crippen molar-refractivity contribution in [1.29, 1.82) is 0 Å². The number of para-hydroxylation sites is 1. The van der Waals surface area contributed by atoms with Crippen LogP contribution in [0, 0.1) is 16.0 Å². The van der Waals surface area contributed by atoms with Gasteiger partial charge in [-0.15, -0.1) is 0 Å². The van der Waals surface area contributed by atoms with E-state index in [9.17, 15) is 14.9 Å². The maximum atomic E-state index is 13.6. The maximum absolute atomic E-state index is 13.6. The summed E-state index contributed by atoms with van der Waals surface area (Å²) in [6, 6.07) is 28.7. The monoisotopic (exact) mass is 712 g/mol. The van der Waals surface area contributed by atoms with Gasteiger partial charge >= 0.3 is 0 Å². The minimum Gasteiger partial charge on any atom is -0.351 e. The summed E-state index contributed by atoms with van der Waals surface area (Å²) >= 11 is 9.64. The number of fused-ring (bicyclic) bond motifs is 1. The highest BCUT2D eigenvalue weighted by Gasteiger charge is 2.25. The Morgan fingerprint density at radius 1 is 1.04 bits per heavy atom. The van der Waals surface area contributed by atoms with Gasteiger partial charge in [0.15, 0.2) is 5.11 Å². The van der Waals surface area contributed by atoms with Crippen LogP contribution in [0.15, 0.2) is 108 Å². The van der Waals surface area contributed by atoms with E-state index in [1.54, 1.807) is 24.7 Å². The molecule has 0 aliphatic rings. The minimum absolute atomic E-state index is 0.0376. The third-order valence-corrected chi connectivity index (χ3v) is 9.43. The fourth-order valence-corrected chi connectivity index (χ4v) is 6.11. The molecule has 0 saturated carbocycles. The molecule has 0 saturated heterocycles. The topological polar surface area (TPSA) is 105 Å². The van der Waals surface area contributed by atoms with E-state index in [1.807, 2.05) is 41.0 Å². The first kappa shape index (κ1) is 33.7. The van der Waals surface area contributed by atoms with Crippen molar-refractivity contribution in [3.8, 4) is 0 Å². The predicted molar refractivity (Wildman–Crippen MR) is 194 cm³/mol. The molecule has 0 aliphatic carbocycles. The first-order chi connectivity index (χ1) is 22.7. The molecule has 11 heteroatoms. The van der Waals surface area contributed by atoms with Crippen molar-refractivity contribution < 1.29 is 9.72 Å². The molecule has 242 valence electrons. The number of imidazole rings is 1. The Bertz CT molecular complexity index is 1860. The van der Waals surface area contributed by atoms with Gasteiger partial charge in [-0.25, -0.2) is 4.98 Å². The molecular weight excluding hydrogens is 676 g/mol. The summed E-state index contributed by atoms with van der Waals surface area (Å²) in [5.74, 6) is 0.0563. The molecule has 0 fully saturated rings. The third kappa shape index (κ3) is 8.81. The van der Waals surface area contributed by atoms with Gasteiger partial charge < -0.3 is 20.1 Å². The van der Waals surface area contributed by atoms with Crippen molar-refractivity contribution in [3.05, 3.63) is 135 Å². The molecule has 0 unspecified atom stereocenters. The fraction of sp³-hybridized carbons (Fsp3) is 0.250. The number of amides is 1. The Hall–Kier alpha value is -4.61. The number of nitrogens with zero attached hydrogens (tertiary/aromatic N) is 4. The second-order valence-electron chi connectivity index (χ2n) is 11.6. The molecule has 1 amide bonds. The number of carbonyl (C=O) groups is 1. The van der Waals surface area contributed by atoms with Crippen LogP contribution in [0.1, 0.15) is 37.1 Å². The van der Waals surface area contributed by atoms with Crippen molar-refractivity contribution in [2.45, 2.75) is 45.8 Å². The van der Waals surface area contributed by atoms with Crippen molar-refractivity contribution in [3.63, 3.8) is 0 Å². The zero-order chi connectivity index (χ0) is 33.3.